The van der Waals surface area contributed by atoms with Crippen molar-refractivity contribution in [2.45, 2.75) is 25.2 Å². The van der Waals surface area contributed by atoms with Crippen LogP contribution in [0, 0.1) is 5.92 Å². The van der Waals surface area contributed by atoms with E-state index in [-0.39, 0.29) is 11.3 Å². The highest BCUT2D eigenvalue weighted by atomic mass is 16.4. The standard InChI is InChI=1S/C20H19NO2/c1-20(16-8-3-2-4-9-16)12-15(13-20)19(21-22)18-11-14-7-5-6-10-17(14)23-18/h2-11,15,22H,12-13H2,1H3. The molecule has 23 heavy (non-hydrogen) atoms. The molecular formula is C20H19NO2. The third kappa shape index (κ3) is 2.33. The summed E-state index contributed by atoms with van der Waals surface area (Å²) in [4.78, 5) is 0. The van der Waals surface area contributed by atoms with E-state index < -0.39 is 0 Å². The molecule has 3 nitrogen and oxygen atoms in total. The first-order valence-corrected chi connectivity index (χ1v) is 7.96. The number of para-hydroxylation sites is 1. The second-order valence-corrected chi connectivity index (χ2v) is 6.67. The van der Waals surface area contributed by atoms with Crippen molar-refractivity contribution in [1.82, 2.24) is 0 Å². The van der Waals surface area contributed by atoms with Crippen LogP contribution in [-0.4, -0.2) is 10.9 Å². The van der Waals surface area contributed by atoms with Crippen LogP contribution in [0.5, 0.6) is 0 Å². The number of benzene rings is 2. The first kappa shape index (κ1) is 14.1. The Balaban J connectivity index is 1.58. The van der Waals surface area contributed by atoms with Crippen LogP contribution in [0.4, 0.5) is 0 Å². The molecule has 1 aromatic heterocycles. The molecule has 3 aromatic rings. The molecule has 1 aliphatic carbocycles. The van der Waals surface area contributed by atoms with Gasteiger partial charge in [-0.25, -0.2) is 0 Å². The van der Waals surface area contributed by atoms with Gasteiger partial charge in [0.15, 0.2) is 5.76 Å². The van der Waals surface area contributed by atoms with Gasteiger partial charge in [-0.2, -0.15) is 0 Å². The number of nitrogens with zero attached hydrogens (tertiary/aromatic N) is 1. The molecular weight excluding hydrogens is 286 g/mol. The van der Waals surface area contributed by atoms with Crippen molar-refractivity contribution >= 4 is 16.7 Å². The SMILES string of the molecule is CC1(c2ccccc2)CC(C(=NO)c2cc3ccccc3o2)C1. The molecule has 3 heteroatoms. The van der Waals surface area contributed by atoms with E-state index in [1.54, 1.807) is 0 Å². The van der Waals surface area contributed by atoms with Crippen molar-refractivity contribution in [3.8, 4) is 0 Å². The van der Waals surface area contributed by atoms with Gasteiger partial charge in [-0.05, 0) is 36.0 Å². The van der Waals surface area contributed by atoms with Crippen molar-refractivity contribution in [3.63, 3.8) is 0 Å². The number of hydrogen-bond donors (Lipinski definition) is 1. The zero-order valence-corrected chi connectivity index (χ0v) is 13.1. The molecule has 0 aliphatic heterocycles. The normalized spacial score (nSPS) is 24.6. The van der Waals surface area contributed by atoms with Gasteiger partial charge in [-0.1, -0.05) is 60.6 Å². The van der Waals surface area contributed by atoms with Gasteiger partial charge in [-0.3, -0.25) is 0 Å². The Kier molecular flexibility index (Phi) is 3.22. The summed E-state index contributed by atoms with van der Waals surface area (Å²) in [5, 5.41) is 14.1. The maximum absolute atomic E-state index is 9.51. The van der Waals surface area contributed by atoms with E-state index in [2.05, 4.69) is 36.3 Å². The van der Waals surface area contributed by atoms with Crippen LogP contribution >= 0.6 is 0 Å². The summed E-state index contributed by atoms with van der Waals surface area (Å²) >= 11 is 0. The van der Waals surface area contributed by atoms with Gasteiger partial charge >= 0.3 is 0 Å². The van der Waals surface area contributed by atoms with Crippen LogP contribution in [0.2, 0.25) is 0 Å². The summed E-state index contributed by atoms with van der Waals surface area (Å²) in [5.74, 6) is 0.902. The molecule has 1 aliphatic rings. The molecule has 0 spiro atoms. The Morgan fingerprint density at radius 3 is 2.48 bits per heavy atom. The van der Waals surface area contributed by atoms with E-state index in [9.17, 15) is 5.21 Å². The highest BCUT2D eigenvalue weighted by Crippen LogP contribution is 2.49. The molecule has 0 unspecified atom stereocenters. The van der Waals surface area contributed by atoms with E-state index in [1.807, 2.05) is 36.4 Å². The molecule has 116 valence electrons. The average molecular weight is 305 g/mol. The highest BCUT2D eigenvalue weighted by Gasteiger charge is 2.45. The molecule has 1 fully saturated rings. The van der Waals surface area contributed by atoms with Gasteiger partial charge in [0.2, 0.25) is 0 Å². The number of oxime groups is 1. The summed E-state index contributed by atoms with van der Waals surface area (Å²) in [6.07, 6.45) is 1.93. The summed E-state index contributed by atoms with van der Waals surface area (Å²) in [6.45, 7) is 2.27. The first-order valence-electron chi connectivity index (χ1n) is 7.96. The second-order valence-electron chi connectivity index (χ2n) is 6.67. The Hall–Kier alpha value is -2.55. The van der Waals surface area contributed by atoms with Crippen LogP contribution < -0.4 is 0 Å². The molecule has 0 amide bonds. The third-order valence-corrected chi connectivity index (χ3v) is 5.04. The van der Waals surface area contributed by atoms with Crippen molar-refractivity contribution in [2.75, 3.05) is 0 Å². The quantitative estimate of drug-likeness (QED) is 0.421. The summed E-state index contributed by atoms with van der Waals surface area (Å²) in [7, 11) is 0. The fourth-order valence-corrected chi connectivity index (χ4v) is 3.74. The lowest BCUT2D eigenvalue weighted by molar-refractivity contribution is 0.209. The topological polar surface area (TPSA) is 45.7 Å². The molecule has 0 bridgehead atoms. The minimum Gasteiger partial charge on any atom is -0.455 e. The van der Waals surface area contributed by atoms with Crippen LogP contribution in [0.1, 0.15) is 31.1 Å². The Labute approximate surface area is 135 Å². The van der Waals surface area contributed by atoms with Gasteiger partial charge in [0.25, 0.3) is 0 Å². The average Bonchev–Trinajstić information content (AvgIpc) is 2.98. The number of rotatable bonds is 3. The van der Waals surface area contributed by atoms with E-state index in [4.69, 9.17) is 4.42 Å². The van der Waals surface area contributed by atoms with Gasteiger partial charge in [0.05, 0.1) is 0 Å². The number of fused-ring (bicyclic) bond motifs is 1. The first-order chi connectivity index (χ1) is 11.2. The largest absolute Gasteiger partial charge is 0.455 e. The lowest BCUT2D eigenvalue weighted by Gasteiger charge is -2.45. The van der Waals surface area contributed by atoms with Gasteiger partial charge < -0.3 is 9.62 Å². The molecule has 0 saturated heterocycles. The highest BCUT2D eigenvalue weighted by molar-refractivity contribution is 6.03. The minimum atomic E-state index is 0.147. The van der Waals surface area contributed by atoms with E-state index in [1.165, 1.54) is 5.56 Å². The van der Waals surface area contributed by atoms with E-state index in [0.717, 1.165) is 23.8 Å². The molecule has 2 aromatic carbocycles. The molecule has 0 atom stereocenters. The van der Waals surface area contributed by atoms with Gasteiger partial charge in [0, 0.05) is 11.3 Å². The lowest BCUT2D eigenvalue weighted by atomic mass is 9.58. The number of furan rings is 1. The minimum absolute atomic E-state index is 0.147. The van der Waals surface area contributed by atoms with E-state index >= 15 is 0 Å². The predicted octanol–water partition coefficient (Wildman–Crippen LogP) is 4.98. The monoisotopic (exact) mass is 305 g/mol. The van der Waals surface area contributed by atoms with Crippen molar-refractivity contribution in [1.29, 1.82) is 0 Å². The predicted molar refractivity (Wildman–Crippen MR) is 91.1 cm³/mol. The fourth-order valence-electron chi connectivity index (χ4n) is 3.74. The van der Waals surface area contributed by atoms with Crippen molar-refractivity contribution < 1.29 is 9.62 Å². The molecule has 1 saturated carbocycles. The van der Waals surface area contributed by atoms with Crippen LogP contribution in [0.3, 0.4) is 0 Å². The fraction of sp³-hybridized carbons (Fsp3) is 0.250. The third-order valence-electron chi connectivity index (χ3n) is 5.04. The maximum Gasteiger partial charge on any atom is 0.153 e. The zero-order chi connectivity index (χ0) is 15.9. The van der Waals surface area contributed by atoms with Crippen LogP contribution in [0.15, 0.2) is 70.2 Å². The summed E-state index contributed by atoms with van der Waals surface area (Å²) in [6, 6.07) is 20.4. The van der Waals surface area contributed by atoms with Gasteiger partial charge in [-0.15, -0.1) is 0 Å². The molecule has 1 heterocycles. The summed E-state index contributed by atoms with van der Waals surface area (Å²) in [5.41, 5.74) is 2.98. The van der Waals surface area contributed by atoms with Crippen molar-refractivity contribution in [2.24, 2.45) is 11.1 Å². The Morgan fingerprint density at radius 2 is 1.78 bits per heavy atom. The summed E-state index contributed by atoms with van der Waals surface area (Å²) < 4.78 is 5.86. The molecule has 0 radical (unpaired) electrons. The van der Waals surface area contributed by atoms with Crippen LogP contribution in [-0.2, 0) is 5.41 Å². The molecule has 4 rings (SSSR count). The zero-order valence-electron chi connectivity index (χ0n) is 13.1. The number of hydrogen-bond acceptors (Lipinski definition) is 3. The van der Waals surface area contributed by atoms with Crippen molar-refractivity contribution in [3.05, 3.63) is 72.0 Å². The Morgan fingerprint density at radius 1 is 1.09 bits per heavy atom. The lowest BCUT2D eigenvalue weighted by Crippen LogP contribution is -2.42. The smallest absolute Gasteiger partial charge is 0.153 e. The second kappa shape index (κ2) is 5.27. The molecule has 1 N–H and O–H groups in total. The van der Waals surface area contributed by atoms with E-state index in [0.29, 0.717) is 11.5 Å². The van der Waals surface area contributed by atoms with Gasteiger partial charge in [0.1, 0.15) is 11.3 Å². The maximum atomic E-state index is 9.51. The Bertz CT molecular complexity index is 824. The van der Waals surface area contributed by atoms with Crippen LogP contribution in [0.25, 0.3) is 11.0 Å².